The molecule has 1 aliphatic rings. The van der Waals surface area contributed by atoms with Crippen LogP contribution in [-0.2, 0) is 4.74 Å². The number of nitrogens with one attached hydrogen (secondary N) is 2. The van der Waals surface area contributed by atoms with Gasteiger partial charge in [0.15, 0.2) is 11.6 Å². The number of methoxy groups -OCH3 is 1. The van der Waals surface area contributed by atoms with Crippen LogP contribution in [0, 0.1) is 12.7 Å². The zero-order valence-corrected chi connectivity index (χ0v) is 14.2. The maximum atomic E-state index is 13.8. The van der Waals surface area contributed by atoms with Gasteiger partial charge >= 0.3 is 6.03 Å². The number of furan rings is 1. The minimum atomic E-state index is -0.423. The van der Waals surface area contributed by atoms with Gasteiger partial charge in [0, 0.05) is 19.1 Å². The molecule has 1 aliphatic heterocycles. The number of amides is 2. The number of urea groups is 1. The normalized spacial score (nSPS) is 17.3. The second-order valence-corrected chi connectivity index (χ2v) is 5.92. The smallest absolute Gasteiger partial charge is 0.315 e. The van der Waals surface area contributed by atoms with E-state index in [4.69, 9.17) is 13.9 Å². The van der Waals surface area contributed by atoms with Gasteiger partial charge in [-0.1, -0.05) is 12.1 Å². The van der Waals surface area contributed by atoms with E-state index in [0.29, 0.717) is 24.4 Å². The van der Waals surface area contributed by atoms with Crippen LogP contribution in [0.15, 0.2) is 34.7 Å². The number of para-hydroxylation sites is 1. The topological polar surface area (TPSA) is 72.7 Å². The highest BCUT2D eigenvalue weighted by Gasteiger charge is 2.26. The summed E-state index contributed by atoms with van der Waals surface area (Å²) in [5, 5.41) is 5.71. The van der Waals surface area contributed by atoms with E-state index in [1.807, 2.05) is 13.0 Å². The number of fused-ring (bicyclic) bond motifs is 1. The molecule has 0 saturated carbocycles. The van der Waals surface area contributed by atoms with Crippen molar-refractivity contribution in [1.82, 2.24) is 10.6 Å². The zero-order chi connectivity index (χ0) is 17.8. The van der Waals surface area contributed by atoms with Gasteiger partial charge in [0.1, 0.15) is 17.6 Å². The Bertz CT molecular complexity index is 746. The Labute approximate surface area is 145 Å². The van der Waals surface area contributed by atoms with E-state index in [-0.39, 0.29) is 24.4 Å². The van der Waals surface area contributed by atoms with E-state index in [2.05, 4.69) is 10.6 Å². The van der Waals surface area contributed by atoms with Gasteiger partial charge in [0.05, 0.1) is 19.3 Å². The Hall–Kier alpha value is -2.54. The van der Waals surface area contributed by atoms with Gasteiger partial charge in [-0.2, -0.15) is 0 Å². The van der Waals surface area contributed by atoms with Crippen molar-refractivity contribution in [1.29, 1.82) is 0 Å². The largest absolute Gasteiger partial charge is 0.490 e. The summed E-state index contributed by atoms with van der Waals surface area (Å²) in [6.45, 7) is 2.46. The van der Waals surface area contributed by atoms with Crippen molar-refractivity contribution in [2.75, 3.05) is 20.3 Å². The summed E-state index contributed by atoms with van der Waals surface area (Å²) in [5.41, 5.74) is 0.638. The molecule has 0 fully saturated rings. The van der Waals surface area contributed by atoms with Crippen LogP contribution in [0.5, 0.6) is 5.75 Å². The van der Waals surface area contributed by atoms with Gasteiger partial charge in [-0.05, 0) is 25.1 Å². The standard InChI is InChI=1S/C18H21FN2O4/c1-11-6-7-16(25-11)15(10-23-2)21-18(22)20-14-8-9-24-17-12(14)4-3-5-13(17)19/h3-7,14-15H,8-10H2,1-2H3,(H2,20,21,22)/t14-,15?/m0/s1. The van der Waals surface area contributed by atoms with Crippen LogP contribution in [0.3, 0.4) is 0 Å². The van der Waals surface area contributed by atoms with Gasteiger partial charge in [0.2, 0.25) is 0 Å². The molecule has 2 atom stereocenters. The molecule has 2 aromatic rings. The highest BCUT2D eigenvalue weighted by molar-refractivity contribution is 5.75. The molecule has 2 heterocycles. The maximum Gasteiger partial charge on any atom is 0.315 e. The number of halogens is 1. The lowest BCUT2D eigenvalue weighted by atomic mass is 10.0. The Morgan fingerprint density at radius 1 is 1.40 bits per heavy atom. The highest BCUT2D eigenvalue weighted by atomic mass is 19.1. The molecule has 2 N–H and O–H groups in total. The molecular formula is C18H21FN2O4. The van der Waals surface area contributed by atoms with Crippen molar-refractivity contribution in [3.8, 4) is 5.75 Å². The summed E-state index contributed by atoms with van der Waals surface area (Å²) in [4.78, 5) is 12.4. The summed E-state index contributed by atoms with van der Waals surface area (Å²) >= 11 is 0. The number of carbonyl (C=O) groups excluding carboxylic acids is 1. The first-order valence-electron chi connectivity index (χ1n) is 8.12. The minimum absolute atomic E-state index is 0.203. The average molecular weight is 348 g/mol. The summed E-state index contributed by atoms with van der Waals surface area (Å²) in [5.74, 6) is 1.15. The lowest BCUT2D eigenvalue weighted by molar-refractivity contribution is 0.155. The number of hydrogen-bond donors (Lipinski definition) is 2. The Morgan fingerprint density at radius 2 is 2.24 bits per heavy atom. The van der Waals surface area contributed by atoms with Crippen molar-refractivity contribution in [3.63, 3.8) is 0 Å². The fourth-order valence-corrected chi connectivity index (χ4v) is 2.90. The molecule has 0 saturated heterocycles. The average Bonchev–Trinajstić information content (AvgIpc) is 3.02. The molecule has 0 spiro atoms. The van der Waals surface area contributed by atoms with E-state index in [0.717, 1.165) is 5.76 Å². The fraction of sp³-hybridized carbons (Fsp3) is 0.389. The van der Waals surface area contributed by atoms with Crippen LogP contribution < -0.4 is 15.4 Å². The van der Waals surface area contributed by atoms with Gasteiger partial charge < -0.3 is 24.5 Å². The quantitative estimate of drug-likeness (QED) is 0.870. The van der Waals surface area contributed by atoms with Crippen molar-refractivity contribution < 1.29 is 23.1 Å². The van der Waals surface area contributed by atoms with E-state index in [1.165, 1.54) is 6.07 Å². The van der Waals surface area contributed by atoms with Crippen molar-refractivity contribution in [3.05, 3.63) is 53.2 Å². The van der Waals surface area contributed by atoms with E-state index >= 15 is 0 Å². The van der Waals surface area contributed by atoms with E-state index in [9.17, 15) is 9.18 Å². The number of aryl methyl sites for hydroxylation is 1. The van der Waals surface area contributed by atoms with Crippen LogP contribution in [0.1, 0.15) is 35.6 Å². The first-order chi connectivity index (χ1) is 12.1. The van der Waals surface area contributed by atoms with Crippen LogP contribution in [-0.4, -0.2) is 26.4 Å². The zero-order valence-electron chi connectivity index (χ0n) is 14.2. The van der Waals surface area contributed by atoms with Crippen molar-refractivity contribution >= 4 is 6.03 Å². The van der Waals surface area contributed by atoms with Crippen molar-refractivity contribution in [2.24, 2.45) is 0 Å². The van der Waals surface area contributed by atoms with E-state index in [1.54, 1.807) is 25.3 Å². The van der Waals surface area contributed by atoms with Gasteiger partial charge in [-0.15, -0.1) is 0 Å². The second-order valence-electron chi connectivity index (χ2n) is 5.92. The molecule has 6 nitrogen and oxygen atoms in total. The number of rotatable bonds is 5. The molecule has 1 aromatic heterocycles. The van der Waals surface area contributed by atoms with Crippen LogP contribution in [0.4, 0.5) is 9.18 Å². The summed E-state index contributed by atoms with van der Waals surface area (Å²) < 4.78 is 29.9. The summed E-state index contributed by atoms with van der Waals surface area (Å²) in [6, 6.07) is 7.23. The van der Waals surface area contributed by atoms with Gasteiger partial charge in [-0.3, -0.25) is 0 Å². The lowest BCUT2D eigenvalue weighted by Gasteiger charge is -2.27. The summed E-state index contributed by atoms with van der Waals surface area (Å²) in [6.07, 6.45) is 0.568. The molecule has 1 unspecified atom stereocenters. The Morgan fingerprint density at radius 3 is 2.96 bits per heavy atom. The molecule has 1 aromatic carbocycles. The van der Waals surface area contributed by atoms with E-state index < -0.39 is 11.9 Å². The second kappa shape index (κ2) is 7.57. The predicted octanol–water partition coefficient (Wildman–Crippen LogP) is 3.24. The number of ether oxygens (including phenoxy) is 2. The minimum Gasteiger partial charge on any atom is -0.490 e. The number of carbonyl (C=O) groups is 1. The van der Waals surface area contributed by atoms with Crippen LogP contribution in [0.25, 0.3) is 0 Å². The predicted molar refractivity (Wildman–Crippen MR) is 89.0 cm³/mol. The molecule has 2 amide bonds. The number of benzene rings is 1. The molecule has 0 bridgehead atoms. The Balaban J connectivity index is 1.69. The Kier molecular flexibility index (Phi) is 5.23. The van der Waals surface area contributed by atoms with Gasteiger partial charge in [0.25, 0.3) is 0 Å². The van der Waals surface area contributed by atoms with Crippen LogP contribution in [0.2, 0.25) is 0 Å². The van der Waals surface area contributed by atoms with Crippen LogP contribution >= 0.6 is 0 Å². The van der Waals surface area contributed by atoms with Crippen molar-refractivity contribution in [2.45, 2.75) is 25.4 Å². The monoisotopic (exact) mass is 348 g/mol. The van der Waals surface area contributed by atoms with Gasteiger partial charge in [-0.25, -0.2) is 9.18 Å². The SMILES string of the molecule is COCC(NC(=O)N[C@H]1CCOc2c(F)cccc21)c1ccc(C)o1. The first-order valence-corrected chi connectivity index (χ1v) is 8.12. The number of hydrogen-bond acceptors (Lipinski definition) is 4. The molecule has 134 valence electrons. The highest BCUT2D eigenvalue weighted by Crippen LogP contribution is 2.34. The lowest BCUT2D eigenvalue weighted by Crippen LogP contribution is -2.42. The third-order valence-corrected chi connectivity index (χ3v) is 4.07. The first kappa shape index (κ1) is 17.3. The molecule has 7 heteroatoms. The molecule has 25 heavy (non-hydrogen) atoms. The molecular weight excluding hydrogens is 327 g/mol. The third-order valence-electron chi connectivity index (χ3n) is 4.07. The molecule has 0 aliphatic carbocycles. The summed E-state index contributed by atoms with van der Waals surface area (Å²) in [7, 11) is 1.56. The third kappa shape index (κ3) is 3.93. The molecule has 0 radical (unpaired) electrons. The molecule has 3 rings (SSSR count). The maximum absolute atomic E-state index is 13.8. The fourth-order valence-electron chi connectivity index (χ4n) is 2.90.